The lowest BCUT2D eigenvalue weighted by Crippen LogP contribution is -2.05. The van der Waals surface area contributed by atoms with E-state index in [2.05, 4.69) is 5.16 Å². The highest BCUT2D eigenvalue weighted by atomic mass is 16.5. The van der Waals surface area contributed by atoms with Gasteiger partial charge in [-0.1, -0.05) is 41.6 Å². The molecule has 1 aromatic heterocycles. The number of fused-ring (bicyclic) bond motifs is 1. The van der Waals surface area contributed by atoms with Crippen LogP contribution in [0.2, 0.25) is 0 Å². The zero-order valence-electron chi connectivity index (χ0n) is 10.6. The lowest BCUT2D eigenvalue weighted by molar-refractivity contribution is 0.0473. The molecule has 100 valence electrons. The van der Waals surface area contributed by atoms with Crippen LogP contribution >= 0.6 is 0 Å². The van der Waals surface area contributed by atoms with Gasteiger partial charge in [0, 0.05) is 0 Å². The monoisotopic (exact) mass is 268 g/mol. The molecular weight excluding hydrogens is 256 g/mol. The number of hydrogen-bond acceptors (Lipinski definition) is 5. The number of nitrogens with zero attached hydrogens (tertiary/aromatic N) is 1. The predicted octanol–water partition coefficient (Wildman–Crippen LogP) is 2.77. The van der Waals surface area contributed by atoms with Gasteiger partial charge in [0.15, 0.2) is 11.4 Å². The second kappa shape index (κ2) is 5.05. The summed E-state index contributed by atoms with van der Waals surface area (Å²) in [6, 6.07) is 14.6. The van der Waals surface area contributed by atoms with E-state index in [1.54, 1.807) is 18.2 Å². The molecule has 0 unspecified atom stereocenters. The van der Waals surface area contributed by atoms with Crippen molar-refractivity contribution in [2.45, 2.75) is 6.61 Å². The van der Waals surface area contributed by atoms with Gasteiger partial charge < -0.3 is 15.0 Å². The molecule has 0 atom stereocenters. The molecule has 0 aliphatic rings. The maximum absolute atomic E-state index is 12.1. The van der Waals surface area contributed by atoms with Crippen molar-refractivity contribution >= 4 is 22.8 Å². The van der Waals surface area contributed by atoms with Crippen LogP contribution in [0.3, 0.4) is 0 Å². The number of nitrogen functional groups attached to an aromatic ring is 1. The van der Waals surface area contributed by atoms with E-state index in [-0.39, 0.29) is 12.4 Å². The first-order valence-corrected chi connectivity index (χ1v) is 6.10. The van der Waals surface area contributed by atoms with Crippen molar-refractivity contribution in [1.29, 1.82) is 0 Å². The van der Waals surface area contributed by atoms with E-state index in [4.69, 9.17) is 15.0 Å². The number of ether oxygens (including phenoxy) is 1. The summed E-state index contributed by atoms with van der Waals surface area (Å²) in [5.41, 5.74) is 7.25. The Balaban J connectivity index is 1.82. The molecule has 2 aromatic carbocycles. The number of nitrogens with two attached hydrogens (primary N) is 1. The van der Waals surface area contributed by atoms with Crippen LogP contribution in [0.1, 0.15) is 15.9 Å². The Morgan fingerprint density at radius 2 is 1.95 bits per heavy atom. The van der Waals surface area contributed by atoms with Gasteiger partial charge in [-0.25, -0.2) is 4.79 Å². The van der Waals surface area contributed by atoms with Crippen LogP contribution in [0.5, 0.6) is 0 Å². The van der Waals surface area contributed by atoms with Gasteiger partial charge in [0.2, 0.25) is 0 Å². The summed E-state index contributed by atoms with van der Waals surface area (Å²) in [5, 5.41) is 4.26. The third-order valence-electron chi connectivity index (χ3n) is 2.96. The fourth-order valence-electron chi connectivity index (χ4n) is 1.94. The molecule has 0 amide bonds. The smallest absolute Gasteiger partial charge is 0.342 e. The van der Waals surface area contributed by atoms with Crippen LogP contribution in [0, 0.1) is 0 Å². The van der Waals surface area contributed by atoms with Gasteiger partial charge in [-0.15, -0.1) is 0 Å². The Morgan fingerprint density at radius 1 is 1.15 bits per heavy atom. The highest BCUT2D eigenvalue weighted by molar-refractivity contribution is 6.04. The fraction of sp³-hybridized carbons (Fsp3) is 0.0667. The van der Waals surface area contributed by atoms with E-state index in [1.807, 2.05) is 30.3 Å². The van der Waals surface area contributed by atoms with Crippen molar-refractivity contribution in [1.82, 2.24) is 5.16 Å². The number of benzene rings is 2. The largest absolute Gasteiger partial charge is 0.457 e. The molecule has 0 bridgehead atoms. The molecule has 20 heavy (non-hydrogen) atoms. The Hall–Kier alpha value is -2.82. The van der Waals surface area contributed by atoms with Crippen molar-refractivity contribution in [2.75, 3.05) is 5.73 Å². The third kappa shape index (κ3) is 2.21. The average Bonchev–Trinajstić information content (AvgIpc) is 2.87. The Morgan fingerprint density at radius 3 is 2.75 bits per heavy atom. The maximum atomic E-state index is 12.1. The molecule has 1 heterocycles. The van der Waals surface area contributed by atoms with Gasteiger partial charge in [0.05, 0.1) is 5.39 Å². The van der Waals surface area contributed by atoms with Gasteiger partial charge in [0.1, 0.15) is 12.2 Å². The minimum absolute atomic E-state index is 0.208. The standard InChI is InChI=1S/C15H12N2O3/c16-14-11-7-4-8-12(13(11)20-17-14)15(18)19-9-10-5-2-1-3-6-10/h1-8H,9H2,(H2,16,17). The average molecular weight is 268 g/mol. The molecule has 5 nitrogen and oxygen atoms in total. The highest BCUT2D eigenvalue weighted by Gasteiger charge is 2.16. The molecule has 2 N–H and O–H groups in total. The zero-order valence-corrected chi connectivity index (χ0v) is 10.6. The molecule has 0 fully saturated rings. The lowest BCUT2D eigenvalue weighted by atomic mass is 10.1. The number of para-hydroxylation sites is 1. The molecule has 3 rings (SSSR count). The van der Waals surface area contributed by atoms with Crippen LogP contribution in [-0.2, 0) is 11.3 Å². The fourth-order valence-corrected chi connectivity index (χ4v) is 1.94. The first-order chi connectivity index (χ1) is 9.75. The van der Waals surface area contributed by atoms with Crippen LogP contribution in [0.25, 0.3) is 11.0 Å². The molecule has 0 aliphatic heterocycles. The van der Waals surface area contributed by atoms with E-state index in [0.717, 1.165) is 5.56 Å². The summed E-state index contributed by atoms with van der Waals surface area (Å²) in [6.07, 6.45) is 0. The molecule has 0 saturated heterocycles. The minimum atomic E-state index is -0.462. The summed E-state index contributed by atoms with van der Waals surface area (Å²) >= 11 is 0. The molecular formula is C15H12N2O3. The number of rotatable bonds is 3. The summed E-state index contributed by atoms with van der Waals surface area (Å²) in [4.78, 5) is 12.1. The third-order valence-corrected chi connectivity index (χ3v) is 2.96. The van der Waals surface area contributed by atoms with Gasteiger partial charge in [0.25, 0.3) is 0 Å². The van der Waals surface area contributed by atoms with Crippen LogP contribution < -0.4 is 5.73 Å². The Labute approximate surface area is 114 Å². The number of esters is 1. The van der Waals surface area contributed by atoms with Crippen molar-refractivity contribution in [2.24, 2.45) is 0 Å². The molecule has 0 saturated carbocycles. The normalized spacial score (nSPS) is 10.6. The Bertz CT molecular complexity index is 750. The SMILES string of the molecule is Nc1noc2c(C(=O)OCc3ccccc3)cccc12. The summed E-state index contributed by atoms with van der Waals surface area (Å²) in [5.74, 6) is -0.201. The molecule has 0 aliphatic carbocycles. The zero-order chi connectivity index (χ0) is 13.9. The first kappa shape index (κ1) is 12.2. The van der Waals surface area contributed by atoms with Crippen molar-refractivity contribution in [3.05, 3.63) is 59.7 Å². The predicted molar refractivity (Wildman–Crippen MR) is 74.0 cm³/mol. The van der Waals surface area contributed by atoms with Crippen LogP contribution in [-0.4, -0.2) is 11.1 Å². The van der Waals surface area contributed by atoms with E-state index in [0.29, 0.717) is 16.5 Å². The molecule has 0 radical (unpaired) electrons. The number of carbonyl (C=O) groups excluding carboxylic acids is 1. The number of carbonyl (C=O) groups is 1. The van der Waals surface area contributed by atoms with Crippen molar-refractivity contribution < 1.29 is 14.1 Å². The van der Waals surface area contributed by atoms with E-state index in [9.17, 15) is 4.79 Å². The quantitative estimate of drug-likeness (QED) is 0.739. The maximum Gasteiger partial charge on any atom is 0.342 e. The molecule has 5 heteroatoms. The molecule has 0 spiro atoms. The van der Waals surface area contributed by atoms with Gasteiger partial charge in [-0.2, -0.15) is 0 Å². The van der Waals surface area contributed by atoms with E-state index < -0.39 is 5.97 Å². The number of anilines is 1. The number of aromatic nitrogens is 1. The summed E-state index contributed by atoms with van der Waals surface area (Å²) < 4.78 is 10.3. The highest BCUT2D eigenvalue weighted by Crippen LogP contribution is 2.24. The number of hydrogen-bond donors (Lipinski definition) is 1. The second-order valence-corrected chi connectivity index (χ2v) is 4.31. The van der Waals surface area contributed by atoms with E-state index >= 15 is 0 Å². The van der Waals surface area contributed by atoms with Crippen LogP contribution in [0.4, 0.5) is 5.82 Å². The molecule has 3 aromatic rings. The first-order valence-electron chi connectivity index (χ1n) is 6.10. The second-order valence-electron chi connectivity index (χ2n) is 4.31. The van der Waals surface area contributed by atoms with Crippen molar-refractivity contribution in [3.8, 4) is 0 Å². The van der Waals surface area contributed by atoms with E-state index in [1.165, 1.54) is 0 Å². The van der Waals surface area contributed by atoms with Crippen LogP contribution in [0.15, 0.2) is 53.1 Å². The van der Waals surface area contributed by atoms with Crippen molar-refractivity contribution in [3.63, 3.8) is 0 Å². The van der Waals surface area contributed by atoms with Gasteiger partial charge in [-0.3, -0.25) is 0 Å². The summed E-state index contributed by atoms with van der Waals surface area (Å²) in [7, 11) is 0. The lowest BCUT2D eigenvalue weighted by Gasteiger charge is -2.04. The van der Waals surface area contributed by atoms with Gasteiger partial charge in [-0.05, 0) is 17.7 Å². The summed E-state index contributed by atoms with van der Waals surface area (Å²) in [6.45, 7) is 0.208. The van der Waals surface area contributed by atoms with Gasteiger partial charge >= 0.3 is 5.97 Å². The topological polar surface area (TPSA) is 78.4 Å². The Kier molecular flexibility index (Phi) is 3.09. The minimum Gasteiger partial charge on any atom is -0.457 e.